The number of rotatable bonds is 5. The van der Waals surface area contributed by atoms with E-state index in [1.165, 1.54) is 16.9 Å². The summed E-state index contributed by atoms with van der Waals surface area (Å²) in [5, 5.41) is 0.682. The van der Waals surface area contributed by atoms with Gasteiger partial charge < -0.3 is 9.64 Å². The van der Waals surface area contributed by atoms with E-state index in [4.69, 9.17) is 4.74 Å². The van der Waals surface area contributed by atoms with Crippen LogP contribution < -0.4 is 10.3 Å². The van der Waals surface area contributed by atoms with Gasteiger partial charge in [0.1, 0.15) is 16.7 Å². The highest BCUT2D eigenvalue weighted by molar-refractivity contribution is 7.18. The van der Waals surface area contributed by atoms with Gasteiger partial charge in [-0.2, -0.15) is 0 Å². The van der Waals surface area contributed by atoms with Gasteiger partial charge in [-0.15, -0.1) is 11.3 Å². The standard InChI is InChI=1S/C24H29N3O3S/c1-15-5-6-16(2)20(13-15)30-19-7-10-26(11-8-19)21(28)9-12-27-14-25-23-22(24(27)29)17(3)18(4)31-23/h5-6,13-14,19H,7-12H2,1-4H3. The van der Waals surface area contributed by atoms with Gasteiger partial charge in [0.25, 0.3) is 5.56 Å². The highest BCUT2D eigenvalue weighted by atomic mass is 32.1. The molecule has 7 heteroatoms. The van der Waals surface area contributed by atoms with Crippen LogP contribution in [0.5, 0.6) is 5.75 Å². The molecule has 0 N–H and O–H groups in total. The van der Waals surface area contributed by atoms with Crippen molar-refractivity contribution in [2.24, 2.45) is 0 Å². The van der Waals surface area contributed by atoms with Gasteiger partial charge in [0.15, 0.2) is 0 Å². The van der Waals surface area contributed by atoms with Crippen molar-refractivity contribution < 1.29 is 9.53 Å². The van der Waals surface area contributed by atoms with Gasteiger partial charge in [-0.1, -0.05) is 12.1 Å². The van der Waals surface area contributed by atoms with E-state index < -0.39 is 0 Å². The number of aryl methyl sites for hydroxylation is 5. The number of benzene rings is 1. The number of likely N-dealkylation sites (tertiary alicyclic amines) is 1. The minimum Gasteiger partial charge on any atom is -0.490 e. The number of thiophene rings is 1. The minimum absolute atomic E-state index is 0.0553. The molecule has 0 bridgehead atoms. The number of piperidine rings is 1. The Morgan fingerprint density at radius 2 is 1.94 bits per heavy atom. The molecular weight excluding hydrogens is 410 g/mol. The molecule has 1 saturated heterocycles. The lowest BCUT2D eigenvalue weighted by molar-refractivity contribution is -0.133. The maximum absolute atomic E-state index is 12.8. The monoisotopic (exact) mass is 439 g/mol. The molecule has 0 atom stereocenters. The number of hydrogen-bond acceptors (Lipinski definition) is 5. The third-order valence-electron chi connectivity index (χ3n) is 6.15. The van der Waals surface area contributed by atoms with Gasteiger partial charge in [0.2, 0.25) is 5.91 Å². The number of nitrogens with zero attached hydrogens (tertiary/aromatic N) is 3. The van der Waals surface area contributed by atoms with Crippen LogP contribution in [0.4, 0.5) is 0 Å². The molecule has 1 amide bonds. The first-order valence-electron chi connectivity index (χ1n) is 10.8. The molecule has 1 aliphatic rings. The van der Waals surface area contributed by atoms with Crippen molar-refractivity contribution in [3.63, 3.8) is 0 Å². The van der Waals surface area contributed by atoms with Crippen LogP contribution in [-0.2, 0) is 11.3 Å². The fourth-order valence-corrected chi connectivity index (χ4v) is 5.03. The molecule has 1 aliphatic heterocycles. The Morgan fingerprint density at radius 3 is 2.68 bits per heavy atom. The molecule has 0 radical (unpaired) electrons. The van der Waals surface area contributed by atoms with Gasteiger partial charge in [-0.3, -0.25) is 14.2 Å². The van der Waals surface area contributed by atoms with E-state index in [1.807, 2.05) is 18.7 Å². The summed E-state index contributed by atoms with van der Waals surface area (Å²) >= 11 is 1.54. The molecule has 3 aromatic rings. The number of hydrogen-bond donors (Lipinski definition) is 0. The van der Waals surface area contributed by atoms with Crippen LogP contribution in [0.2, 0.25) is 0 Å². The topological polar surface area (TPSA) is 64.4 Å². The Kier molecular flexibility index (Phi) is 6.14. The molecule has 164 valence electrons. The third kappa shape index (κ3) is 4.51. The van der Waals surface area contributed by atoms with Crippen molar-refractivity contribution in [2.45, 2.75) is 59.6 Å². The Bertz CT molecular complexity index is 1170. The fraction of sp³-hybridized carbons (Fsp3) is 0.458. The largest absolute Gasteiger partial charge is 0.490 e. The summed E-state index contributed by atoms with van der Waals surface area (Å²) in [5.74, 6) is 1.02. The van der Waals surface area contributed by atoms with Crippen LogP contribution in [0.3, 0.4) is 0 Å². The second-order valence-electron chi connectivity index (χ2n) is 8.42. The van der Waals surface area contributed by atoms with E-state index in [0.29, 0.717) is 31.4 Å². The van der Waals surface area contributed by atoms with E-state index in [9.17, 15) is 9.59 Å². The Morgan fingerprint density at radius 1 is 1.19 bits per heavy atom. The second-order valence-corrected chi connectivity index (χ2v) is 9.63. The molecule has 31 heavy (non-hydrogen) atoms. The van der Waals surface area contributed by atoms with E-state index >= 15 is 0 Å². The summed E-state index contributed by atoms with van der Waals surface area (Å²) in [7, 11) is 0. The van der Waals surface area contributed by atoms with Gasteiger partial charge in [-0.25, -0.2) is 4.98 Å². The van der Waals surface area contributed by atoms with Gasteiger partial charge in [0.05, 0.1) is 11.7 Å². The maximum Gasteiger partial charge on any atom is 0.262 e. The fourth-order valence-electron chi connectivity index (χ4n) is 4.04. The van der Waals surface area contributed by atoms with Crippen LogP contribution in [0, 0.1) is 27.7 Å². The van der Waals surface area contributed by atoms with Crippen molar-refractivity contribution in [3.05, 3.63) is 56.4 Å². The summed E-state index contributed by atoms with van der Waals surface area (Å²) in [4.78, 5) is 33.7. The zero-order valence-electron chi connectivity index (χ0n) is 18.6. The first-order chi connectivity index (χ1) is 14.8. The molecule has 1 fully saturated rings. The van der Waals surface area contributed by atoms with E-state index in [2.05, 4.69) is 37.0 Å². The molecule has 0 saturated carbocycles. The minimum atomic E-state index is -0.0553. The van der Waals surface area contributed by atoms with Crippen molar-refractivity contribution in [1.82, 2.24) is 14.5 Å². The van der Waals surface area contributed by atoms with Crippen molar-refractivity contribution in [2.75, 3.05) is 13.1 Å². The van der Waals surface area contributed by atoms with Gasteiger partial charge >= 0.3 is 0 Å². The number of fused-ring (bicyclic) bond motifs is 1. The number of aromatic nitrogens is 2. The van der Waals surface area contributed by atoms with Gasteiger partial charge in [-0.05, 0) is 50.5 Å². The highest BCUT2D eigenvalue weighted by Gasteiger charge is 2.24. The summed E-state index contributed by atoms with van der Waals surface area (Å²) in [5.41, 5.74) is 3.25. The van der Waals surface area contributed by atoms with Crippen molar-refractivity contribution in [3.8, 4) is 5.75 Å². The predicted molar refractivity (Wildman–Crippen MR) is 124 cm³/mol. The smallest absolute Gasteiger partial charge is 0.262 e. The molecular formula is C24H29N3O3S. The van der Waals surface area contributed by atoms with Gasteiger partial charge in [0, 0.05) is 43.8 Å². The van der Waals surface area contributed by atoms with Crippen LogP contribution >= 0.6 is 11.3 Å². The Hall–Kier alpha value is -2.67. The van der Waals surface area contributed by atoms with E-state index in [-0.39, 0.29) is 17.6 Å². The zero-order valence-corrected chi connectivity index (χ0v) is 19.4. The Labute approximate surface area is 186 Å². The van der Waals surface area contributed by atoms with Crippen LogP contribution in [0.15, 0.2) is 29.3 Å². The number of carbonyl (C=O) groups is 1. The molecule has 6 nitrogen and oxygen atoms in total. The highest BCUT2D eigenvalue weighted by Crippen LogP contribution is 2.26. The van der Waals surface area contributed by atoms with Crippen LogP contribution in [0.1, 0.15) is 40.8 Å². The lowest BCUT2D eigenvalue weighted by Crippen LogP contribution is -2.42. The molecule has 4 rings (SSSR count). The number of ether oxygens (including phenoxy) is 1. The van der Waals surface area contributed by atoms with Crippen molar-refractivity contribution >= 4 is 27.5 Å². The average molecular weight is 440 g/mol. The Balaban J connectivity index is 1.33. The molecule has 3 heterocycles. The summed E-state index contributed by atoms with van der Waals surface area (Å²) in [6, 6.07) is 6.24. The number of amides is 1. The quantitative estimate of drug-likeness (QED) is 0.599. The zero-order chi connectivity index (χ0) is 22.1. The van der Waals surface area contributed by atoms with Crippen LogP contribution in [-0.4, -0.2) is 39.6 Å². The summed E-state index contributed by atoms with van der Waals surface area (Å²) in [6.45, 7) is 9.80. The molecule has 2 aromatic heterocycles. The normalized spacial score (nSPS) is 14.9. The first-order valence-corrected chi connectivity index (χ1v) is 11.6. The number of carbonyl (C=O) groups excluding carboxylic acids is 1. The summed E-state index contributed by atoms with van der Waals surface area (Å²) in [6.07, 6.45) is 3.64. The van der Waals surface area contributed by atoms with Crippen LogP contribution in [0.25, 0.3) is 10.2 Å². The summed E-state index contributed by atoms with van der Waals surface area (Å²) < 4.78 is 7.77. The van der Waals surface area contributed by atoms with E-state index in [1.54, 1.807) is 10.9 Å². The lowest BCUT2D eigenvalue weighted by atomic mass is 10.1. The SMILES string of the molecule is Cc1ccc(C)c(OC2CCN(C(=O)CCn3cnc4sc(C)c(C)c4c3=O)CC2)c1. The average Bonchev–Trinajstić information content (AvgIpc) is 3.05. The van der Waals surface area contributed by atoms with Crippen molar-refractivity contribution in [1.29, 1.82) is 0 Å². The first kappa shape index (κ1) is 21.6. The molecule has 0 aliphatic carbocycles. The molecule has 1 aromatic carbocycles. The third-order valence-corrected chi connectivity index (χ3v) is 7.27. The molecule has 0 spiro atoms. The second kappa shape index (κ2) is 8.83. The maximum atomic E-state index is 12.8. The molecule has 0 unspecified atom stereocenters. The van der Waals surface area contributed by atoms with E-state index in [0.717, 1.165) is 39.4 Å². The lowest BCUT2D eigenvalue weighted by Gasteiger charge is -2.32. The predicted octanol–water partition coefficient (Wildman–Crippen LogP) is 4.15.